The largest absolute Gasteiger partial charge is 0.465 e. The average Bonchev–Trinajstić information content (AvgIpc) is 2.29. The number of thioether (sulfide) groups is 1. The molecule has 0 unspecified atom stereocenters. The van der Waals surface area contributed by atoms with Crippen molar-refractivity contribution < 1.29 is 9.90 Å². The summed E-state index contributed by atoms with van der Waals surface area (Å²) in [6, 6.07) is 7.21. The predicted molar refractivity (Wildman–Crippen MR) is 64.0 cm³/mol. The van der Waals surface area contributed by atoms with Gasteiger partial charge in [0.15, 0.2) is 0 Å². The lowest BCUT2D eigenvalue weighted by atomic mass is 10.2. The van der Waals surface area contributed by atoms with Crippen molar-refractivity contribution in [3.05, 3.63) is 23.8 Å². The summed E-state index contributed by atoms with van der Waals surface area (Å²) in [6.07, 6.45) is 0.816. The van der Waals surface area contributed by atoms with Gasteiger partial charge < -0.3 is 5.11 Å². The van der Waals surface area contributed by atoms with E-state index in [1.54, 1.807) is 19.1 Å². The van der Waals surface area contributed by atoms with E-state index in [0.717, 1.165) is 4.90 Å². The van der Waals surface area contributed by atoms with Crippen LogP contribution in [0.15, 0.2) is 23.1 Å². The van der Waals surface area contributed by atoms with Gasteiger partial charge in [-0.1, -0.05) is 6.07 Å². The van der Waals surface area contributed by atoms with Crippen LogP contribution in [0, 0.1) is 11.3 Å². The third-order valence-corrected chi connectivity index (χ3v) is 2.93. The van der Waals surface area contributed by atoms with E-state index in [9.17, 15) is 4.79 Å². The molecule has 1 rings (SSSR count). The van der Waals surface area contributed by atoms with Crippen molar-refractivity contribution in [3.8, 4) is 6.07 Å². The van der Waals surface area contributed by atoms with E-state index in [4.69, 9.17) is 10.4 Å². The number of benzene rings is 1. The molecule has 1 aromatic carbocycles. The van der Waals surface area contributed by atoms with E-state index >= 15 is 0 Å². The van der Waals surface area contributed by atoms with Crippen LogP contribution in [0.3, 0.4) is 0 Å². The lowest BCUT2D eigenvalue weighted by molar-refractivity contribution is 0.202. The summed E-state index contributed by atoms with van der Waals surface area (Å²) in [5, 5.41) is 18.1. The third kappa shape index (κ3) is 2.28. The van der Waals surface area contributed by atoms with Crippen molar-refractivity contribution in [2.24, 2.45) is 0 Å². The molecule has 16 heavy (non-hydrogen) atoms. The van der Waals surface area contributed by atoms with Crippen molar-refractivity contribution in [2.75, 3.05) is 17.7 Å². The van der Waals surface area contributed by atoms with Crippen LogP contribution >= 0.6 is 11.8 Å². The molecule has 1 aromatic rings. The van der Waals surface area contributed by atoms with Crippen molar-refractivity contribution in [3.63, 3.8) is 0 Å². The summed E-state index contributed by atoms with van der Waals surface area (Å²) in [4.78, 5) is 13.1. The summed E-state index contributed by atoms with van der Waals surface area (Å²) < 4.78 is 0. The van der Waals surface area contributed by atoms with Crippen molar-refractivity contribution in [1.82, 2.24) is 0 Å². The van der Waals surface area contributed by atoms with Gasteiger partial charge in [-0.15, -0.1) is 11.8 Å². The Hall–Kier alpha value is -1.67. The highest BCUT2D eigenvalue weighted by atomic mass is 32.2. The molecule has 0 aliphatic carbocycles. The van der Waals surface area contributed by atoms with Crippen LogP contribution < -0.4 is 4.90 Å². The molecule has 0 aliphatic rings. The molecular weight excluding hydrogens is 224 g/mol. The van der Waals surface area contributed by atoms with Crippen LogP contribution in [0.4, 0.5) is 10.5 Å². The Bertz CT molecular complexity index is 440. The van der Waals surface area contributed by atoms with E-state index in [-0.39, 0.29) is 0 Å². The van der Waals surface area contributed by atoms with Gasteiger partial charge in [0.2, 0.25) is 0 Å². The number of nitrogens with zero attached hydrogens (tertiary/aromatic N) is 2. The Morgan fingerprint density at radius 2 is 2.31 bits per heavy atom. The summed E-state index contributed by atoms with van der Waals surface area (Å²) in [5.41, 5.74) is 0.864. The third-order valence-electron chi connectivity index (χ3n) is 2.16. The molecule has 0 fully saturated rings. The van der Waals surface area contributed by atoms with E-state index in [2.05, 4.69) is 0 Å². The first-order chi connectivity index (χ1) is 7.65. The van der Waals surface area contributed by atoms with Gasteiger partial charge in [-0.25, -0.2) is 4.79 Å². The number of rotatable bonds is 3. The van der Waals surface area contributed by atoms with Crippen molar-refractivity contribution >= 4 is 23.5 Å². The number of anilines is 1. The van der Waals surface area contributed by atoms with Crippen LogP contribution in [0.1, 0.15) is 12.5 Å². The molecule has 0 atom stereocenters. The molecule has 5 heteroatoms. The minimum Gasteiger partial charge on any atom is -0.465 e. The summed E-state index contributed by atoms with van der Waals surface area (Å²) in [7, 11) is 0. The van der Waals surface area contributed by atoms with Gasteiger partial charge in [0, 0.05) is 11.4 Å². The standard InChI is InChI=1S/C11H12N2O2S/c1-3-13(11(14)15)10-8(7-12)5-4-6-9(10)16-2/h4-6H,3H2,1-2H3,(H,14,15). The first kappa shape index (κ1) is 12.4. The van der Waals surface area contributed by atoms with Gasteiger partial charge in [-0.05, 0) is 25.3 Å². The van der Waals surface area contributed by atoms with Gasteiger partial charge in [0.05, 0.1) is 11.3 Å². The zero-order valence-electron chi connectivity index (χ0n) is 9.10. The Balaban J connectivity index is 3.39. The van der Waals surface area contributed by atoms with Crippen LogP contribution in [0.5, 0.6) is 0 Å². The number of hydrogen-bond donors (Lipinski definition) is 1. The molecule has 0 bridgehead atoms. The molecule has 0 saturated heterocycles. The Morgan fingerprint density at radius 3 is 2.75 bits per heavy atom. The molecule has 0 heterocycles. The summed E-state index contributed by atoms with van der Waals surface area (Å²) >= 11 is 1.43. The second kappa shape index (κ2) is 5.42. The highest BCUT2D eigenvalue weighted by Crippen LogP contribution is 2.31. The van der Waals surface area contributed by atoms with Crippen molar-refractivity contribution in [2.45, 2.75) is 11.8 Å². The molecule has 0 spiro atoms. The lowest BCUT2D eigenvalue weighted by Gasteiger charge is -2.20. The highest BCUT2D eigenvalue weighted by molar-refractivity contribution is 7.98. The maximum atomic E-state index is 11.1. The molecule has 1 amide bonds. The zero-order chi connectivity index (χ0) is 12.1. The van der Waals surface area contributed by atoms with Gasteiger partial charge in [-0.2, -0.15) is 5.26 Å². The first-order valence-corrected chi connectivity index (χ1v) is 5.95. The topological polar surface area (TPSA) is 64.3 Å². The van der Waals surface area contributed by atoms with E-state index in [1.807, 2.05) is 18.4 Å². The fourth-order valence-corrected chi connectivity index (χ4v) is 2.07. The number of para-hydroxylation sites is 1. The molecule has 1 N–H and O–H groups in total. The lowest BCUT2D eigenvalue weighted by Crippen LogP contribution is -2.30. The molecule has 0 saturated carbocycles. The number of carboxylic acid groups (broad SMARTS) is 1. The van der Waals surface area contributed by atoms with Gasteiger partial charge in [0.25, 0.3) is 0 Å². The maximum absolute atomic E-state index is 11.1. The molecule has 0 aromatic heterocycles. The molecule has 0 aliphatic heterocycles. The van der Waals surface area contributed by atoms with E-state index < -0.39 is 6.09 Å². The van der Waals surface area contributed by atoms with E-state index in [1.165, 1.54) is 16.7 Å². The fraction of sp³-hybridized carbons (Fsp3) is 0.273. The molecule has 84 valence electrons. The Morgan fingerprint density at radius 1 is 1.62 bits per heavy atom. The normalized spacial score (nSPS) is 9.56. The molecular formula is C11H12N2O2S. The van der Waals surface area contributed by atoms with Gasteiger partial charge in [0.1, 0.15) is 6.07 Å². The summed E-state index contributed by atoms with van der Waals surface area (Å²) in [5.74, 6) is 0. The maximum Gasteiger partial charge on any atom is 0.411 e. The fourth-order valence-electron chi connectivity index (χ4n) is 1.44. The van der Waals surface area contributed by atoms with Gasteiger partial charge >= 0.3 is 6.09 Å². The predicted octanol–water partition coefficient (Wildman–Crippen LogP) is 2.78. The highest BCUT2D eigenvalue weighted by Gasteiger charge is 2.19. The summed E-state index contributed by atoms with van der Waals surface area (Å²) in [6.45, 7) is 2.06. The van der Waals surface area contributed by atoms with Crippen molar-refractivity contribution in [1.29, 1.82) is 5.26 Å². The molecule has 4 nitrogen and oxygen atoms in total. The average molecular weight is 236 g/mol. The second-order valence-corrected chi connectivity index (χ2v) is 3.84. The van der Waals surface area contributed by atoms with E-state index in [0.29, 0.717) is 17.8 Å². The number of carbonyl (C=O) groups is 1. The van der Waals surface area contributed by atoms with Gasteiger partial charge in [-0.3, -0.25) is 4.90 Å². The minimum absolute atomic E-state index is 0.321. The first-order valence-electron chi connectivity index (χ1n) is 4.73. The zero-order valence-corrected chi connectivity index (χ0v) is 9.91. The smallest absolute Gasteiger partial charge is 0.411 e. The Kier molecular flexibility index (Phi) is 4.20. The van der Waals surface area contributed by atoms with Crippen LogP contribution in [-0.2, 0) is 0 Å². The number of nitriles is 1. The minimum atomic E-state index is -1.04. The quantitative estimate of drug-likeness (QED) is 0.819. The number of hydrogen-bond acceptors (Lipinski definition) is 3. The number of amides is 1. The Labute approximate surface area is 98.5 Å². The van der Waals surface area contributed by atoms with Crippen LogP contribution in [-0.4, -0.2) is 24.0 Å². The SMILES string of the molecule is CCN(C(=O)O)c1c(C#N)cccc1SC. The van der Waals surface area contributed by atoms with Crippen LogP contribution in [0.25, 0.3) is 0 Å². The monoisotopic (exact) mass is 236 g/mol. The molecule has 0 radical (unpaired) electrons. The second-order valence-electron chi connectivity index (χ2n) is 3.00. The van der Waals surface area contributed by atoms with Crippen LogP contribution in [0.2, 0.25) is 0 Å².